The molecule has 1 fully saturated rings. The van der Waals surface area contributed by atoms with E-state index in [1.54, 1.807) is 12.1 Å². The van der Waals surface area contributed by atoms with Gasteiger partial charge < -0.3 is 11.1 Å². The van der Waals surface area contributed by atoms with Gasteiger partial charge >= 0.3 is 0 Å². The molecule has 0 bridgehead atoms. The van der Waals surface area contributed by atoms with Crippen LogP contribution >= 0.6 is 0 Å². The van der Waals surface area contributed by atoms with Crippen molar-refractivity contribution in [3.63, 3.8) is 0 Å². The van der Waals surface area contributed by atoms with Crippen molar-refractivity contribution in [1.29, 1.82) is 0 Å². The first kappa shape index (κ1) is 16.0. The summed E-state index contributed by atoms with van der Waals surface area (Å²) >= 11 is 0. The van der Waals surface area contributed by atoms with Crippen LogP contribution in [0.25, 0.3) is 11.1 Å². The molecule has 0 saturated carbocycles. The molecule has 1 aliphatic rings. The molecule has 0 aromatic heterocycles. The van der Waals surface area contributed by atoms with Crippen LogP contribution in [-0.4, -0.2) is 38.9 Å². The van der Waals surface area contributed by atoms with E-state index in [0.29, 0.717) is 36.8 Å². The summed E-state index contributed by atoms with van der Waals surface area (Å²) in [4.78, 5) is 0.338. The van der Waals surface area contributed by atoms with Crippen molar-refractivity contribution in [2.75, 3.05) is 31.9 Å². The molecule has 1 aliphatic heterocycles. The number of sulfonamides is 1. The van der Waals surface area contributed by atoms with Crippen LogP contribution in [0.3, 0.4) is 0 Å². The second-order valence-electron chi connectivity index (χ2n) is 5.75. The third-order valence-corrected chi connectivity index (χ3v) is 6.05. The third-order valence-electron chi connectivity index (χ3n) is 4.14. The molecule has 0 unspecified atom stereocenters. The lowest BCUT2D eigenvalue weighted by Crippen LogP contribution is -2.46. The first-order chi connectivity index (χ1) is 11.0. The Morgan fingerprint density at radius 2 is 1.70 bits per heavy atom. The third kappa shape index (κ3) is 3.24. The number of rotatable bonds is 3. The fourth-order valence-corrected chi connectivity index (χ4v) is 4.23. The number of aryl methyl sites for hydroxylation is 1. The summed E-state index contributed by atoms with van der Waals surface area (Å²) in [6, 6.07) is 12.8. The Labute approximate surface area is 137 Å². The zero-order chi connectivity index (χ0) is 16.4. The maximum absolute atomic E-state index is 12.6. The van der Waals surface area contributed by atoms with Gasteiger partial charge in [0, 0.05) is 31.9 Å². The molecule has 5 nitrogen and oxygen atoms in total. The van der Waals surface area contributed by atoms with Crippen molar-refractivity contribution in [3.05, 3.63) is 48.0 Å². The van der Waals surface area contributed by atoms with Crippen LogP contribution in [0.15, 0.2) is 47.4 Å². The van der Waals surface area contributed by atoms with Crippen LogP contribution in [0.2, 0.25) is 0 Å². The maximum Gasteiger partial charge on any atom is 0.243 e. The SMILES string of the molecule is Cc1ccc(N)cc1-c1ccc(S(=O)(=O)N2CCNCC2)cc1. The molecule has 0 radical (unpaired) electrons. The summed E-state index contributed by atoms with van der Waals surface area (Å²) in [5.41, 5.74) is 9.65. The number of hydrogen-bond acceptors (Lipinski definition) is 4. The number of piperazine rings is 1. The first-order valence-electron chi connectivity index (χ1n) is 7.66. The molecule has 6 heteroatoms. The lowest BCUT2D eigenvalue weighted by Gasteiger charge is -2.26. The molecule has 2 aromatic carbocycles. The summed E-state index contributed by atoms with van der Waals surface area (Å²) in [6.45, 7) is 4.43. The summed E-state index contributed by atoms with van der Waals surface area (Å²) in [6.07, 6.45) is 0. The molecule has 0 spiro atoms. The van der Waals surface area contributed by atoms with Gasteiger partial charge in [-0.3, -0.25) is 0 Å². The fourth-order valence-electron chi connectivity index (χ4n) is 2.79. The highest BCUT2D eigenvalue weighted by molar-refractivity contribution is 7.89. The molecular formula is C17H21N3O2S. The van der Waals surface area contributed by atoms with E-state index in [2.05, 4.69) is 5.32 Å². The van der Waals surface area contributed by atoms with E-state index in [1.165, 1.54) is 4.31 Å². The molecule has 3 rings (SSSR count). The van der Waals surface area contributed by atoms with Crippen LogP contribution < -0.4 is 11.1 Å². The lowest BCUT2D eigenvalue weighted by molar-refractivity contribution is 0.360. The van der Waals surface area contributed by atoms with Crippen LogP contribution in [0.1, 0.15) is 5.56 Å². The van der Waals surface area contributed by atoms with Crippen molar-refractivity contribution in [3.8, 4) is 11.1 Å². The van der Waals surface area contributed by atoms with Gasteiger partial charge in [-0.2, -0.15) is 4.31 Å². The number of nitrogens with two attached hydrogens (primary N) is 1. The second kappa shape index (κ2) is 6.31. The Morgan fingerprint density at radius 1 is 1.04 bits per heavy atom. The quantitative estimate of drug-likeness (QED) is 0.842. The molecule has 23 heavy (non-hydrogen) atoms. The van der Waals surface area contributed by atoms with Gasteiger partial charge in [0.1, 0.15) is 0 Å². The zero-order valence-corrected chi connectivity index (χ0v) is 13.9. The van der Waals surface area contributed by atoms with Gasteiger partial charge in [0.05, 0.1) is 4.90 Å². The molecular weight excluding hydrogens is 310 g/mol. The molecule has 0 aliphatic carbocycles. The minimum atomic E-state index is -3.41. The molecule has 1 heterocycles. The summed E-state index contributed by atoms with van der Waals surface area (Å²) in [5.74, 6) is 0. The highest BCUT2D eigenvalue weighted by Gasteiger charge is 2.25. The average molecular weight is 331 g/mol. The van der Waals surface area contributed by atoms with E-state index in [1.807, 2.05) is 37.3 Å². The topological polar surface area (TPSA) is 75.4 Å². The maximum atomic E-state index is 12.6. The molecule has 0 atom stereocenters. The van der Waals surface area contributed by atoms with Crippen LogP contribution in [0.4, 0.5) is 5.69 Å². The Morgan fingerprint density at radius 3 is 2.35 bits per heavy atom. The number of nitrogens with one attached hydrogen (secondary N) is 1. The van der Waals surface area contributed by atoms with Gasteiger partial charge in [-0.05, 0) is 47.9 Å². The van der Waals surface area contributed by atoms with Gasteiger partial charge in [0.25, 0.3) is 0 Å². The van der Waals surface area contributed by atoms with Crippen molar-refractivity contribution < 1.29 is 8.42 Å². The zero-order valence-electron chi connectivity index (χ0n) is 13.1. The normalized spacial score (nSPS) is 16.4. The monoisotopic (exact) mass is 331 g/mol. The van der Waals surface area contributed by atoms with E-state index < -0.39 is 10.0 Å². The van der Waals surface area contributed by atoms with Crippen LogP contribution in [-0.2, 0) is 10.0 Å². The number of hydrogen-bond donors (Lipinski definition) is 2. The number of benzene rings is 2. The van der Waals surface area contributed by atoms with Crippen molar-refractivity contribution in [2.45, 2.75) is 11.8 Å². The van der Waals surface area contributed by atoms with E-state index in [-0.39, 0.29) is 0 Å². The van der Waals surface area contributed by atoms with E-state index >= 15 is 0 Å². The number of nitrogens with zero attached hydrogens (tertiary/aromatic N) is 1. The van der Waals surface area contributed by atoms with Gasteiger partial charge in [-0.15, -0.1) is 0 Å². The molecule has 2 aromatic rings. The molecule has 0 amide bonds. The van der Waals surface area contributed by atoms with E-state index in [4.69, 9.17) is 5.73 Å². The first-order valence-corrected chi connectivity index (χ1v) is 9.10. The standard InChI is InChI=1S/C17H21N3O2S/c1-13-2-5-15(18)12-17(13)14-3-6-16(7-4-14)23(21,22)20-10-8-19-9-11-20/h2-7,12,19H,8-11,18H2,1H3. The molecule has 3 N–H and O–H groups in total. The highest BCUT2D eigenvalue weighted by atomic mass is 32.2. The van der Waals surface area contributed by atoms with Gasteiger partial charge in [0.15, 0.2) is 0 Å². The minimum absolute atomic E-state index is 0.338. The van der Waals surface area contributed by atoms with Crippen molar-refractivity contribution in [1.82, 2.24) is 9.62 Å². The average Bonchev–Trinajstić information content (AvgIpc) is 2.58. The van der Waals surface area contributed by atoms with Crippen LogP contribution in [0.5, 0.6) is 0 Å². The van der Waals surface area contributed by atoms with Crippen LogP contribution in [0, 0.1) is 6.92 Å². The van der Waals surface area contributed by atoms with Crippen molar-refractivity contribution in [2.24, 2.45) is 0 Å². The minimum Gasteiger partial charge on any atom is -0.399 e. The number of nitrogen functional groups attached to an aromatic ring is 1. The van der Waals surface area contributed by atoms with Gasteiger partial charge in [0.2, 0.25) is 10.0 Å². The summed E-state index contributed by atoms with van der Waals surface area (Å²) in [7, 11) is -3.41. The Bertz CT molecular complexity index is 795. The largest absolute Gasteiger partial charge is 0.399 e. The smallest absolute Gasteiger partial charge is 0.243 e. The fraction of sp³-hybridized carbons (Fsp3) is 0.294. The second-order valence-corrected chi connectivity index (χ2v) is 7.69. The predicted octanol–water partition coefficient (Wildman–Crippen LogP) is 1.84. The van der Waals surface area contributed by atoms with Crippen molar-refractivity contribution >= 4 is 15.7 Å². The predicted molar refractivity (Wildman–Crippen MR) is 92.7 cm³/mol. The number of anilines is 1. The Kier molecular flexibility index (Phi) is 4.39. The lowest BCUT2D eigenvalue weighted by atomic mass is 10.0. The molecule has 122 valence electrons. The van der Waals surface area contributed by atoms with Gasteiger partial charge in [-0.25, -0.2) is 8.42 Å². The van der Waals surface area contributed by atoms with Gasteiger partial charge in [-0.1, -0.05) is 18.2 Å². The summed E-state index contributed by atoms with van der Waals surface area (Å²) in [5, 5.41) is 3.16. The Hall–Kier alpha value is -1.89. The molecule has 1 saturated heterocycles. The Balaban J connectivity index is 1.91. The highest BCUT2D eigenvalue weighted by Crippen LogP contribution is 2.27. The summed E-state index contributed by atoms with van der Waals surface area (Å²) < 4.78 is 26.8. The van der Waals surface area contributed by atoms with E-state index in [9.17, 15) is 8.42 Å². The van der Waals surface area contributed by atoms with E-state index in [0.717, 1.165) is 16.7 Å².